The Morgan fingerprint density at radius 3 is 2.75 bits per heavy atom. The summed E-state index contributed by atoms with van der Waals surface area (Å²) >= 11 is 5.86. The maximum atomic E-state index is 13.5. The summed E-state index contributed by atoms with van der Waals surface area (Å²) in [7, 11) is 0. The van der Waals surface area contributed by atoms with Gasteiger partial charge in [-0.15, -0.1) is 0 Å². The van der Waals surface area contributed by atoms with E-state index in [1.807, 2.05) is 13.8 Å². The van der Waals surface area contributed by atoms with Crippen molar-refractivity contribution in [2.24, 2.45) is 0 Å². The lowest BCUT2D eigenvalue weighted by molar-refractivity contribution is -0.00735. The normalized spacial score (nSPS) is 12.7. The van der Waals surface area contributed by atoms with Crippen molar-refractivity contribution < 1.29 is 19.0 Å². The van der Waals surface area contributed by atoms with Gasteiger partial charge in [-0.25, -0.2) is 4.39 Å². The third-order valence-corrected chi connectivity index (χ3v) is 2.78. The number of para-hydroxylation sites is 1. The van der Waals surface area contributed by atoms with E-state index in [2.05, 4.69) is 5.32 Å². The minimum Gasteiger partial charge on any atom is -0.389 e. The number of hydrogen-bond donors (Lipinski definition) is 2. The number of hydrogen-bond acceptors (Lipinski definition) is 4. The zero-order valence-corrected chi connectivity index (χ0v) is 12.5. The smallest absolute Gasteiger partial charge is 0.147 e. The standard InChI is InChI=1S/C14H21ClFNO3/c1-10(2)20-7-6-19-9-11(18)8-17-14-12(15)4-3-5-13(14)16/h3-5,10-11,17-18H,6-9H2,1-2H3. The zero-order valence-electron chi connectivity index (χ0n) is 11.7. The van der Waals surface area contributed by atoms with Gasteiger partial charge in [-0.3, -0.25) is 0 Å². The average molecular weight is 306 g/mol. The predicted octanol–water partition coefficient (Wildman–Crippen LogP) is 2.69. The molecule has 0 bridgehead atoms. The van der Waals surface area contributed by atoms with Crippen molar-refractivity contribution in [2.45, 2.75) is 26.1 Å². The molecule has 2 N–H and O–H groups in total. The van der Waals surface area contributed by atoms with Crippen LogP contribution < -0.4 is 5.32 Å². The van der Waals surface area contributed by atoms with Crippen molar-refractivity contribution in [2.75, 3.05) is 31.7 Å². The highest BCUT2D eigenvalue weighted by Gasteiger charge is 2.09. The van der Waals surface area contributed by atoms with Gasteiger partial charge in [0.1, 0.15) is 5.82 Å². The van der Waals surface area contributed by atoms with E-state index in [0.717, 1.165) is 0 Å². The second kappa shape index (κ2) is 9.13. The van der Waals surface area contributed by atoms with Gasteiger partial charge < -0.3 is 19.9 Å². The van der Waals surface area contributed by atoms with E-state index in [1.54, 1.807) is 6.07 Å². The summed E-state index contributed by atoms with van der Waals surface area (Å²) < 4.78 is 24.0. The Hall–Kier alpha value is -0.880. The predicted molar refractivity (Wildman–Crippen MR) is 77.8 cm³/mol. The van der Waals surface area contributed by atoms with Crippen molar-refractivity contribution in [3.63, 3.8) is 0 Å². The van der Waals surface area contributed by atoms with E-state index < -0.39 is 11.9 Å². The summed E-state index contributed by atoms with van der Waals surface area (Å²) in [6, 6.07) is 4.41. The van der Waals surface area contributed by atoms with Gasteiger partial charge in [0, 0.05) is 6.54 Å². The summed E-state index contributed by atoms with van der Waals surface area (Å²) in [6.45, 7) is 5.09. The summed E-state index contributed by atoms with van der Waals surface area (Å²) in [6.07, 6.45) is -0.585. The van der Waals surface area contributed by atoms with Crippen molar-refractivity contribution in [1.82, 2.24) is 0 Å². The summed E-state index contributed by atoms with van der Waals surface area (Å²) in [5.74, 6) is -0.448. The number of rotatable bonds is 9. The topological polar surface area (TPSA) is 50.7 Å². The number of ether oxygens (including phenoxy) is 2. The molecule has 1 unspecified atom stereocenters. The Labute approximate surface area is 123 Å². The van der Waals surface area contributed by atoms with Crippen LogP contribution in [0.3, 0.4) is 0 Å². The second-order valence-corrected chi connectivity index (χ2v) is 5.03. The average Bonchev–Trinajstić information content (AvgIpc) is 2.37. The molecule has 1 atom stereocenters. The van der Waals surface area contributed by atoms with Gasteiger partial charge in [-0.2, -0.15) is 0 Å². The minimum atomic E-state index is -0.746. The Morgan fingerprint density at radius 2 is 2.10 bits per heavy atom. The molecule has 20 heavy (non-hydrogen) atoms. The number of benzene rings is 1. The molecule has 4 nitrogen and oxygen atoms in total. The van der Waals surface area contributed by atoms with E-state index in [9.17, 15) is 9.50 Å². The first kappa shape index (κ1) is 17.2. The Bertz CT molecular complexity index is 384. The second-order valence-electron chi connectivity index (χ2n) is 4.63. The van der Waals surface area contributed by atoms with Gasteiger partial charge in [-0.1, -0.05) is 17.7 Å². The van der Waals surface area contributed by atoms with Crippen LogP contribution in [0.4, 0.5) is 10.1 Å². The molecule has 0 aliphatic carbocycles. The summed E-state index contributed by atoms with van der Waals surface area (Å²) in [5, 5.41) is 12.8. The molecule has 0 fully saturated rings. The van der Waals surface area contributed by atoms with Crippen LogP contribution in [0.15, 0.2) is 18.2 Å². The van der Waals surface area contributed by atoms with Gasteiger partial charge in [-0.05, 0) is 26.0 Å². The monoisotopic (exact) mass is 305 g/mol. The quantitative estimate of drug-likeness (QED) is 0.689. The van der Waals surface area contributed by atoms with Crippen molar-refractivity contribution in [3.8, 4) is 0 Å². The maximum Gasteiger partial charge on any atom is 0.147 e. The molecule has 0 spiro atoms. The van der Waals surface area contributed by atoms with Crippen molar-refractivity contribution in [3.05, 3.63) is 29.0 Å². The fraction of sp³-hybridized carbons (Fsp3) is 0.571. The van der Waals surface area contributed by atoms with Crippen LogP contribution in [-0.4, -0.2) is 43.7 Å². The first-order chi connectivity index (χ1) is 9.50. The van der Waals surface area contributed by atoms with Gasteiger partial charge in [0.25, 0.3) is 0 Å². The summed E-state index contributed by atoms with van der Waals surface area (Å²) in [4.78, 5) is 0. The van der Waals surface area contributed by atoms with Crippen LogP contribution in [0.25, 0.3) is 0 Å². The zero-order chi connectivity index (χ0) is 15.0. The van der Waals surface area contributed by atoms with Crippen LogP contribution >= 0.6 is 11.6 Å². The Morgan fingerprint density at radius 1 is 1.35 bits per heavy atom. The van der Waals surface area contributed by atoms with Crippen LogP contribution in [0.5, 0.6) is 0 Å². The molecule has 0 saturated heterocycles. The highest BCUT2D eigenvalue weighted by atomic mass is 35.5. The Balaban J connectivity index is 2.21. The lowest BCUT2D eigenvalue weighted by atomic mass is 10.3. The van der Waals surface area contributed by atoms with E-state index in [-0.39, 0.29) is 30.0 Å². The van der Waals surface area contributed by atoms with Crippen LogP contribution in [0.2, 0.25) is 5.02 Å². The molecule has 0 saturated carbocycles. The molecular formula is C14H21ClFNO3. The number of aliphatic hydroxyl groups is 1. The van der Waals surface area contributed by atoms with Gasteiger partial charge in [0.05, 0.1) is 42.7 Å². The third kappa shape index (κ3) is 6.52. The number of nitrogens with one attached hydrogen (secondary N) is 1. The molecule has 0 aliphatic rings. The summed E-state index contributed by atoms with van der Waals surface area (Å²) in [5.41, 5.74) is 0.191. The van der Waals surface area contributed by atoms with E-state index in [4.69, 9.17) is 21.1 Å². The van der Waals surface area contributed by atoms with Gasteiger partial charge >= 0.3 is 0 Å². The van der Waals surface area contributed by atoms with E-state index >= 15 is 0 Å². The lowest BCUT2D eigenvalue weighted by Crippen LogP contribution is -2.26. The fourth-order valence-corrected chi connectivity index (χ4v) is 1.74. The van der Waals surface area contributed by atoms with Gasteiger partial charge in [0.2, 0.25) is 0 Å². The minimum absolute atomic E-state index is 0.153. The van der Waals surface area contributed by atoms with Crippen LogP contribution in [0.1, 0.15) is 13.8 Å². The number of halogens is 2. The molecule has 0 heterocycles. The van der Waals surface area contributed by atoms with E-state index in [0.29, 0.717) is 13.2 Å². The van der Waals surface area contributed by atoms with E-state index in [1.165, 1.54) is 12.1 Å². The molecule has 0 amide bonds. The first-order valence-electron chi connectivity index (χ1n) is 6.56. The molecule has 0 aliphatic heterocycles. The number of aliphatic hydroxyl groups excluding tert-OH is 1. The van der Waals surface area contributed by atoms with Crippen LogP contribution in [-0.2, 0) is 9.47 Å². The highest BCUT2D eigenvalue weighted by Crippen LogP contribution is 2.24. The van der Waals surface area contributed by atoms with Crippen molar-refractivity contribution in [1.29, 1.82) is 0 Å². The molecule has 1 aromatic rings. The fourth-order valence-electron chi connectivity index (χ4n) is 1.51. The molecular weight excluding hydrogens is 285 g/mol. The molecule has 6 heteroatoms. The third-order valence-electron chi connectivity index (χ3n) is 2.47. The van der Waals surface area contributed by atoms with Crippen LogP contribution in [0, 0.1) is 5.82 Å². The molecule has 1 rings (SSSR count). The number of anilines is 1. The largest absolute Gasteiger partial charge is 0.389 e. The van der Waals surface area contributed by atoms with Gasteiger partial charge in [0.15, 0.2) is 0 Å². The molecule has 0 aromatic heterocycles. The SMILES string of the molecule is CC(C)OCCOCC(O)CNc1c(F)cccc1Cl. The highest BCUT2D eigenvalue weighted by molar-refractivity contribution is 6.33. The van der Waals surface area contributed by atoms with Crippen molar-refractivity contribution >= 4 is 17.3 Å². The lowest BCUT2D eigenvalue weighted by Gasteiger charge is -2.15. The molecule has 1 aromatic carbocycles. The Kier molecular flexibility index (Phi) is 7.84. The molecule has 114 valence electrons. The maximum absolute atomic E-state index is 13.5. The molecule has 0 radical (unpaired) electrons. The first-order valence-corrected chi connectivity index (χ1v) is 6.93.